The summed E-state index contributed by atoms with van der Waals surface area (Å²) in [5.41, 5.74) is 0.895. The van der Waals surface area contributed by atoms with Crippen molar-refractivity contribution in [3.63, 3.8) is 0 Å². The SMILES string of the molecule is CCC(=O)NCc1ccc(O)c(OC)c1. The molecule has 1 amide bonds. The summed E-state index contributed by atoms with van der Waals surface area (Å²) in [6.45, 7) is 2.25. The smallest absolute Gasteiger partial charge is 0.219 e. The van der Waals surface area contributed by atoms with E-state index >= 15 is 0 Å². The molecule has 2 N–H and O–H groups in total. The van der Waals surface area contributed by atoms with Gasteiger partial charge in [0.05, 0.1) is 7.11 Å². The molecule has 1 aromatic carbocycles. The molecular weight excluding hydrogens is 194 g/mol. The second-order valence-corrected chi connectivity index (χ2v) is 3.14. The average molecular weight is 209 g/mol. The van der Waals surface area contributed by atoms with E-state index in [2.05, 4.69) is 5.32 Å². The maximum absolute atomic E-state index is 11.0. The Kier molecular flexibility index (Phi) is 3.97. The van der Waals surface area contributed by atoms with Crippen LogP contribution >= 0.6 is 0 Å². The number of aromatic hydroxyl groups is 1. The normalized spacial score (nSPS) is 9.73. The fraction of sp³-hybridized carbons (Fsp3) is 0.364. The summed E-state index contributed by atoms with van der Waals surface area (Å²) in [7, 11) is 1.49. The molecule has 0 aliphatic rings. The minimum Gasteiger partial charge on any atom is -0.504 e. The first kappa shape index (κ1) is 11.4. The minimum absolute atomic E-state index is 0.00189. The first-order valence-corrected chi connectivity index (χ1v) is 4.80. The molecule has 0 atom stereocenters. The first-order valence-electron chi connectivity index (χ1n) is 4.80. The summed E-state index contributed by atoms with van der Waals surface area (Å²) < 4.78 is 4.96. The Morgan fingerprint density at radius 1 is 1.53 bits per heavy atom. The fourth-order valence-electron chi connectivity index (χ4n) is 1.16. The van der Waals surface area contributed by atoms with Crippen molar-refractivity contribution in [1.29, 1.82) is 0 Å². The van der Waals surface area contributed by atoms with Gasteiger partial charge in [-0.2, -0.15) is 0 Å². The van der Waals surface area contributed by atoms with Crippen molar-refractivity contribution in [1.82, 2.24) is 5.32 Å². The molecule has 0 radical (unpaired) electrons. The molecule has 0 spiro atoms. The van der Waals surface area contributed by atoms with Crippen molar-refractivity contribution in [2.75, 3.05) is 7.11 Å². The molecule has 82 valence electrons. The van der Waals surface area contributed by atoms with E-state index in [0.717, 1.165) is 5.56 Å². The molecule has 0 fully saturated rings. The molecular formula is C11H15NO3. The number of rotatable bonds is 4. The quantitative estimate of drug-likeness (QED) is 0.788. The van der Waals surface area contributed by atoms with Crippen LogP contribution in [0.1, 0.15) is 18.9 Å². The Morgan fingerprint density at radius 3 is 2.87 bits per heavy atom. The standard InChI is InChI=1S/C11H15NO3/c1-3-11(14)12-7-8-4-5-9(13)10(6-8)15-2/h4-6,13H,3,7H2,1-2H3,(H,12,14). The van der Waals surface area contributed by atoms with E-state index in [-0.39, 0.29) is 11.7 Å². The van der Waals surface area contributed by atoms with Crippen molar-refractivity contribution in [3.8, 4) is 11.5 Å². The number of carbonyl (C=O) groups is 1. The zero-order valence-electron chi connectivity index (χ0n) is 8.91. The van der Waals surface area contributed by atoms with Gasteiger partial charge < -0.3 is 15.2 Å². The Balaban J connectivity index is 2.66. The van der Waals surface area contributed by atoms with E-state index in [1.165, 1.54) is 7.11 Å². The van der Waals surface area contributed by atoms with E-state index in [4.69, 9.17) is 4.74 Å². The van der Waals surface area contributed by atoms with Crippen molar-refractivity contribution in [2.24, 2.45) is 0 Å². The van der Waals surface area contributed by atoms with Gasteiger partial charge in [-0.25, -0.2) is 0 Å². The number of hydrogen-bond acceptors (Lipinski definition) is 3. The predicted octanol–water partition coefficient (Wildman–Crippen LogP) is 1.43. The van der Waals surface area contributed by atoms with Crippen LogP contribution in [0.25, 0.3) is 0 Å². The van der Waals surface area contributed by atoms with Crippen LogP contribution in [0.2, 0.25) is 0 Å². The highest BCUT2D eigenvalue weighted by Crippen LogP contribution is 2.25. The van der Waals surface area contributed by atoms with Gasteiger partial charge in [-0.1, -0.05) is 13.0 Å². The molecule has 0 bridgehead atoms. The van der Waals surface area contributed by atoms with Crippen LogP contribution in [0.3, 0.4) is 0 Å². The van der Waals surface area contributed by atoms with Crippen LogP contribution in [-0.4, -0.2) is 18.1 Å². The van der Waals surface area contributed by atoms with Crippen LogP contribution in [0.15, 0.2) is 18.2 Å². The highest BCUT2D eigenvalue weighted by atomic mass is 16.5. The van der Waals surface area contributed by atoms with E-state index in [0.29, 0.717) is 18.7 Å². The molecule has 0 saturated carbocycles. The lowest BCUT2D eigenvalue weighted by Crippen LogP contribution is -2.21. The summed E-state index contributed by atoms with van der Waals surface area (Å²) in [5.74, 6) is 0.517. The number of methoxy groups -OCH3 is 1. The Labute approximate surface area is 88.9 Å². The predicted molar refractivity (Wildman–Crippen MR) is 56.8 cm³/mol. The monoisotopic (exact) mass is 209 g/mol. The van der Waals surface area contributed by atoms with Gasteiger partial charge in [-0.15, -0.1) is 0 Å². The van der Waals surface area contributed by atoms with Gasteiger partial charge in [0.1, 0.15) is 0 Å². The number of hydrogen-bond donors (Lipinski definition) is 2. The lowest BCUT2D eigenvalue weighted by molar-refractivity contribution is -0.120. The zero-order valence-corrected chi connectivity index (χ0v) is 8.91. The number of phenolic OH excluding ortho intramolecular Hbond substituents is 1. The maximum Gasteiger partial charge on any atom is 0.219 e. The van der Waals surface area contributed by atoms with Gasteiger partial charge in [0.2, 0.25) is 5.91 Å². The highest BCUT2D eigenvalue weighted by Gasteiger charge is 2.03. The Hall–Kier alpha value is -1.71. The summed E-state index contributed by atoms with van der Waals surface area (Å²) in [6.07, 6.45) is 0.467. The van der Waals surface area contributed by atoms with Crippen molar-refractivity contribution < 1.29 is 14.6 Å². The number of carbonyl (C=O) groups excluding carboxylic acids is 1. The van der Waals surface area contributed by atoms with Gasteiger partial charge in [0.25, 0.3) is 0 Å². The first-order chi connectivity index (χ1) is 7.17. The second kappa shape index (κ2) is 5.24. The molecule has 4 nitrogen and oxygen atoms in total. The van der Waals surface area contributed by atoms with Crippen LogP contribution in [0.4, 0.5) is 0 Å². The zero-order chi connectivity index (χ0) is 11.3. The van der Waals surface area contributed by atoms with Crippen molar-refractivity contribution >= 4 is 5.91 Å². The summed E-state index contributed by atoms with van der Waals surface area (Å²) in [5, 5.41) is 12.1. The molecule has 0 aromatic heterocycles. The number of nitrogens with one attached hydrogen (secondary N) is 1. The molecule has 1 rings (SSSR count). The lowest BCUT2D eigenvalue weighted by Gasteiger charge is -2.07. The fourth-order valence-corrected chi connectivity index (χ4v) is 1.16. The largest absolute Gasteiger partial charge is 0.504 e. The van der Waals surface area contributed by atoms with Crippen LogP contribution in [-0.2, 0) is 11.3 Å². The third kappa shape index (κ3) is 3.16. The molecule has 1 aromatic rings. The number of benzene rings is 1. The number of phenols is 1. The molecule has 0 unspecified atom stereocenters. The minimum atomic E-state index is 0.00189. The molecule has 0 heterocycles. The molecule has 4 heteroatoms. The van der Waals surface area contributed by atoms with E-state index < -0.39 is 0 Å². The molecule has 0 aliphatic heterocycles. The summed E-state index contributed by atoms with van der Waals surface area (Å²) in [4.78, 5) is 11.0. The Morgan fingerprint density at radius 2 is 2.27 bits per heavy atom. The third-order valence-electron chi connectivity index (χ3n) is 2.05. The van der Waals surface area contributed by atoms with Gasteiger partial charge in [-0.3, -0.25) is 4.79 Å². The summed E-state index contributed by atoms with van der Waals surface area (Å²) >= 11 is 0. The van der Waals surface area contributed by atoms with Crippen LogP contribution < -0.4 is 10.1 Å². The summed E-state index contributed by atoms with van der Waals surface area (Å²) in [6, 6.07) is 4.99. The van der Waals surface area contributed by atoms with E-state index in [9.17, 15) is 9.90 Å². The second-order valence-electron chi connectivity index (χ2n) is 3.14. The van der Waals surface area contributed by atoms with Gasteiger partial charge >= 0.3 is 0 Å². The lowest BCUT2D eigenvalue weighted by atomic mass is 10.2. The van der Waals surface area contributed by atoms with Gasteiger partial charge in [-0.05, 0) is 17.7 Å². The van der Waals surface area contributed by atoms with Gasteiger partial charge in [0, 0.05) is 13.0 Å². The van der Waals surface area contributed by atoms with E-state index in [1.807, 2.05) is 0 Å². The maximum atomic E-state index is 11.0. The average Bonchev–Trinajstić information content (AvgIpc) is 2.27. The van der Waals surface area contributed by atoms with Crippen LogP contribution in [0, 0.1) is 0 Å². The molecule has 15 heavy (non-hydrogen) atoms. The van der Waals surface area contributed by atoms with Crippen molar-refractivity contribution in [2.45, 2.75) is 19.9 Å². The molecule has 0 aliphatic carbocycles. The Bertz CT molecular complexity index is 350. The topological polar surface area (TPSA) is 58.6 Å². The number of ether oxygens (including phenoxy) is 1. The number of amides is 1. The van der Waals surface area contributed by atoms with Crippen LogP contribution in [0.5, 0.6) is 11.5 Å². The van der Waals surface area contributed by atoms with Gasteiger partial charge in [0.15, 0.2) is 11.5 Å². The molecule has 0 saturated heterocycles. The third-order valence-corrected chi connectivity index (χ3v) is 2.05. The van der Waals surface area contributed by atoms with E-state index in [1.54, 1.807) is 25.1 Å². The highest BCUT2D eigenvalue weighted by molar-refractivity contribution is 5.75. The van der Waals surface area contributed by atoms with Crippen molar-refractivity contribution in [3.05, 3.63) is 23.8 Å².